The van der Waals surface area contributed by atoms with Crippen molar-refractivity contribution in [3.05, 3.63) is 131 Å². The van der Waals surface area contributed by atoms with Gasteiger partial charge < -0.3 is 9.80 Å². The molecule has 0 saturated heterocycles. The molecule has 0 fully saturated rings. The first kappa shape index (κ1) is 25.0. The minimum absolute atomic E-state index is 0.0672. The molecular formula is C38H38N2. The summed E-state index contributed by atoms with van der Waals surface area (Å²) in [6.45, 7) is 13.9. The van der Waals surface area contributed by atoms with Crippen LogP contribution >= 0.6 is 0 Å². The predicted molar refractivity (Wildman–Crippen MR) is 170 cm³/mol. The second-order valence-electron chi connectivity index (χ2n) is 13.3. The first-order valence-electron chi connectivity index (χ1n) is 14.5. The SMILES string of the molecule is CC1=CC2C(C=C1)c1ccc(N3c4ccccc4N(c4ccc(C(C)(C)C)cc4)c4ccccc43)cc1C2(C)C. The third-order valence-electron chi connectivity index (χ3n) is 9.30. The number of fused-ring (bicyclic) bond motifs is 5. The van der Waals surface area contributed by atoms with Crippen LogP contribution in [0.5, 0.6) is 0 Å². The summed E-state index contributed by atoms with van der Waals surface area (Å²) in [4.78, 5) is 4.87. The molecule has 2 aliphatic carbocycles. The molecule has 2 heteroatoms. The van der Waals surface area contributed by atoms with Gasteiger partial charge in [-0.05, 0) is 88.9 Å². The molecule has 200 valence electrons. The van der Waals surface area contributed by atoms with Crippen molar-refractivity contribution in [3.63, 3.8) is 0 Å². The molecule has 0 amide bonds. The Morgan fingerprint density at radius 1 is 0.675 bits per heavy atom. The summed E-state index contributed by atoms with van der Waals surface area (Å²) in [7, 11) is 0. The molecule has 40 heavy (non-hydrogen) atoms. The fourth-order valence-corrected chi connectivity index (χ4v) is 7.09. The van der Waals surface area contributed by atoms with Gasteiger partial charge in [-0.15, -0.1) is 0 Å². The van der Waals surface area contributed by atoms with Crippen molar-refractivity contribution in [2.24, 2.45) is 5.92 Å². The van der Waals surface area contributed by atoms with Crippen molar-refractivity contribution < 1.29 is 0 Å². The standard InChI is InChI=1S/C38H38N2/c1-25-15-21-29-30-22-20-28(24-32(30)38(5,6)31(29)23-25)40-35-13-9-7-11-33(35)39(34-12-8-10-14-36(34)40)27-18-16-26(17-19-27)37(2,3)4/h7-24,29,31H,1-6H3. The highest BCUT2D eigenvalue weighted by Crippen LogP contribution is 2.57. The van der Waals surface area contributed by atoms with Crippen LogP contribution in [-0.4, -0.2) is 0 Å². The molecule has 4 aromatic carbocycles. The zero-order valence-corrected chi connectivity index (χ0v) is 24.4. The van der Waals surface area contributed by atoms with Crippen LogP contribution in [0.2, 0.25) is 0 Å². The van der Waals surface area contributed by atoms with Gasteiger partial charge in [0.15, 0.2) is 0 Å². The maximum atomic E-state index is 2.48. The Kier molecular flexibility index (Phi) is 5.45. The zero-order valence-electron chi connectivity index (χ0n) is 24.4. The maximum Gasteiger partial charge on any atom is 0.0703 e. The highest BCUT2D eigenvalue weighted by atomic mass is 15.3. The van der Waals surface area contributed by atoms with Crippen LogP contribution in [0.1, 0.15) is 64.2 Å². The Balaban J connectivity index is 1.38. The van der Waals surface area contributed by atoms with E-state index < -0.39 is 0 Å². The van der Waals surface area contributed by atoms with Crippen molar-refractivity contribution in [1.82, 2.24) is 0 Å². The van der Waals surface area contributed by atoms with Crippen molar-refractivity contribution in [2.75, 3.05) is 9.80 Å². The zero-order chi connectivity index (χ0) is 27.8. The van der Waals surface area contributed by atoms with E-state index in [0.29, 0.717) is 11.8 Å². The lowest BCUT2D eigenvalue weighted by atomic mass is 9.73. The number of hydrogen-bond acceptors (Lipinski definition) is 2. The van der Waals surface area contributed by atoms with E-state index in [1.165, 1.54) is 56.4 Å². The molecule has 2 atom stereocenters. The van der Waals surface area contributed by atoms with E-state index in [4.69, 9.17) is 0 Å². The van der Waals surface area contributed by atoms with E-state index in [2.05, 4.69) is 161 Å². The minimum Gasteiger partial charge on any atom is -0.306 e. The Hall–Kier alpha value is -4.04. The van der Waals surface area contributed by atoms with Gasteiger partial charge in [0.1, 0.15) is 0 Å². The Labute approximate surface area is 239 Å². The number of benzene rings is 4. The first-order chi connectivity index (χ1) is 19.1. The van der Waals surface area contributed by atoms with Crippen LogP contribution in [0.3, 0.4) is 0 Å². The number of allylic oxidation sites excluding steroid dienone is 4. The smallest absolute Gasteiger partial charge is 0.0703 e. The van der Waals surface area contributed by atoms with Crippen molar-refractivity contribution >= 4 is 34.1 Å². The van der Waals surface area contributed by atoms with Gasteiger partial charge in [0, 0.05) is 17.3 Å². The predicted octanol–water partition coefficient (Wildman–Crippen LogP) is 10.7. The lowest BCUT2D eigenvalue weighted by molar-refractivity contribution is 0.392. The third-order valence-corrected chi connectivity index (χ3v) is 9.30. The van der Waals surface area contributed by atoms with E-state index in [1.54, 1.807) is 0 Å². The highest BCUT2D eigenvalue weighted by Gasteiger charge is 2.45. The molecule has 0 radical (unpaired) electrons. The van der Waals surface area contributed by atoms with Crippen LogP contribution in [0.4, 0.5) is 34.1 Å². The summed E-state index contributed by atoms with van der Waals surface area (Å²) in [5.74, 6) is 0.950. The average molecular weight is 523 g/mol. The molecule has 0 saturated carbocycles. The Morgan fingerprint density at radius 3 is 1.75 bits per heavy atom. The summed E-state index contributed by atoms with van der Waals surface area (Å²) >= 11 is 0. The van der Waals surface area contributed by atoms with Gasteiger partial charge >= 0.3 is 0 Å². The largest absolute Gasteiger partial charge is 0.306 e. The van der Waals surface area contributed by atoms with E-state index in [9.17, 15) is 0 Å². The molecule has 2 nitrogen and oxygen atoms in total. The molecular weight excluding hydrogens is 484 g/mol. The van der Waals surface area contributed by atoms with E-state index in [0.717, 1.165) is 0 Å². The summed E-state index contributed by atoms with van der Waals surface area (Å²) in [5.41, 5.74) is 13.0. The van der Waals surface area contributed by atoms with Crippen LogP contribution in [0, 0.1) is 5.92 Å². The van der Waals surface area contributed by atoms with Gasteiger partial charge in [-0.25, -0.2) is 0 Å². The first-order valence-corrected chi connectivity index (χ1v) is 14.5. The summed E-state index contributed by atoms with van der Waals surface area (Å²) in [6, 6.07) is 33.9. The lowest BCUT2D eigenvalue weighted by Gasteiger charge is -2.40. The number of para-hydroxylation sites is 4. The van der Waals surface area contributed by atoms with Gasteiger partial charge in [0.2, 0.25) is 0 Å². The second kappa shape index (κ2) is 8.73. The Morgan fingerprint density at radius 2 is 1.20 bits per heavy atom. The number of hydrogen-bond donors (Lipinski definition) is 0. The monoisotopic (exact) mass is 522 g/mol. The third kappa shape index (κ3) is 3.69. The normalized spacial score (nSPS) is 20.4. The van der Waals surface area contributed by atoms with Crippen LogP contribution < -0.4 is 9.80 Å². The van der Waals surface area contributed by atoms with Gasteiger partial charge in [0.25, 0.3) is 0 Å². The molecule has 2 unspecified atom stereocenters. The van der Waals surface area contributed by atoms with Gasteiger partial charge in [0.05, 0.1) is 22.7 Å². The molecule has 1 heterocycles. The van der Waals surface area contributed by atoms with Gasteiger partial charge in [-0.2, -0.15) is 0 Å². The van der Waals surface area contributed by atoms with Crippen LogP contribution in [0.15, 0.2) is 115 Å². The maximum absolute atomic E-state index is 2.48. The van der Waals surface area contributed by atoms with E-state index >= 15 is 0 Å². The number of rotatable bonds is 2. The number of nitrogens with zero attached hydrogens (tertiary/aromatic N) is 2. The van der Waals surface area contributed by atoms with Gasteiger partial charge in [-0.1, -0.05) is 101 Å². The molecule has 0 spiro atoms. The fourth-order valence-electron chi connectivity index (χ4n) is 7.09. The van der Waals surface area contributed by atoms with Crippen LogP contribution in [0.25, 0.3) is 0 Å². The van der Waals surface area contributed by atoms with Crippen molar-refractivity contribution in [1.29, 1.82) is 0 Å². The molecule has 3 aliphatic rings. The second-order valence-corrected chi connectivity index (χ2v) is 13.3. The van der Waals surface area contributed by atoms with Crippen LogP contribution in [-0.2, 0) is 10.8 Å². The Bertz CT molecular complexity index is 1630. The van der Waals surface area contributed by atoms with Gasteiger partial charge in [-0.3, -0.25) is 0 Å². The molecule has 0 bridgehead atoms. The highest BCUT2D eigenvalue weighted by molar-refractivity contribution is 6.01. The minimum atomic E-state index is 0.0672. The molecule has 1 aliphatic heterocycles. The summed E-state index contributed by atoms with van der Waals surface area (Å²) in [6.07, 6.45) is 7.19. The molecule has 0 aromatic heterocycles. The van der Waals surface area contributed by atoms with E-state index in [1.807, 2.05) is 0 Å². The van der Waals surface area contributed by atoms with E-state index in [-0.39, 0.29) is 10.8 Å². The summed E-state index contributed by atoms with van der Waals surface area (Å²) < 4.78 is 0. The fraction of sp³-hybridized carbons (Fsp3) is 0.263. The topological polar surface area (TPSA) is 6.48 Å². The molecule has 4 aromatic rings. The van der Waals surface area contributed by atoms with Crippen molar-refractivity contribution in [3.8, 4) is 0 Å². The summed E-state index contributed by atoms with van der Waals surface area (Å²) in [5, 5.41) is 0. The quantitative estimate of drug-likeness (QED) is 0.227. The lowest BCUT2D eigenvalue weighted by Crippen LogP contribution is -2.26. The average Bonchev–Trinajstić information content (AvgIpc) is 3.16. The molecule has 0 N–H and O–H groups in total. The molecule has 7 rings (SSSR count). The van der Waals surface area contributed by atoms with Crippen molar-refractivity contribution in [2.45, 2.75) is 58.3 Å². The number of anilines is 6.